The summed E-state index contributed by atoms with van der Waals surface area (Å²) in [4.78, 5) is 32.2. The number of rotatable bonds is 3. The average Bonchev–Trinajstić information content (AvgIpc) is 3.22. The van der Waals surface area contributed by atoms with E-state index in [0.29, 0.717) is 28.6 Å². The first-order chi connectivity index (χ1) is 12.1. The summed E-state index contributed by atoms with van der Waals surface area (Å²) in [5.74, 6) is 0.703. The predicted octanol–water partition coefficient (Wildman–Crippen LogP) is 3.24. The van der Waals surface area contributed by atoms with Gasteiger partial charge in [0, 0.05) is 18.2 Å². The highest BCUT2D eigenvalue weighted by Crippen LogP contribution is 2.40. The van der Waals surface area contributed by atoms with E-state index in [1.807, 2.05) is 28.5 Å². The molecular weight excluding hydrogens is 334 g/mol. The molecule has 1 amide bonds. The molecule has 0 N–H and O–H groups in total. The quantitative estimate of drug-likeness (QED) is 0.726. The Bertz CT molecular complexity index is 1010. The number of carbonyl (C=O) groups excluding carboxylic acids is 1. The van der Waals surface area contributed by atoms with E-state index >= 15 is 0 Å². The highest BCUT2D eigenvalue weighted by atomic mass is 32.1. The topological polar surface area (TPSA) is 55.2 Å². The van der Waals surface area contributed by atoms with Crippen LogP contribution in [-0.2, 0) is 11.3 Å². The Balaban J connectivity index is 1.65. The molecule has 128 valence electrons. The summed E-state index contributed by atoms with van der Waals surface area (Å²) < 4.78 is 1.41. The van der Waals surface area contributed by atoms with Gasteiger partial charge in [-0.15, -0.1) is 11.3 Å². The number of hydrogen-bond acceptors (Lipinski definition) is 4. The van der Waals surface area contributed by atoms with Gasteiger partial charge in [-0.2, -0.15) is 0 Å². The molecule has 1 unspecified atom stereocenters. The second-order valence-electron chi connectivity index (χ2n) is 6.73. The maximum Gasteiger partial charge on any atom is 0.262 e. The van der Waals surface area contributed by atoms with Crippen molar-refractivity contribution in [3.63, 3.8) is 0 Å². The molecule has 2 aromatic heterocycles. The van der Waals surface area contributed by atoms with Crippen LogP contribution in [0.5, 0.6) is 0 Å². The fraction of sp³-hybridized carbons (Fsp3) is 0.316. The van der Waals surface area contributed by atoms with Gasteiger partial charge in [-0.1, -0.05) is 32.0 Å². The lowest BCUT2D eigenvalue weighted by atomic mass is 9.90. The molecule has 0 fully saturated rings. The number of hydrogen-bond donors (Lipinski definition) is 0. The van der Waals surface area contributed by atoms with E-state index in [1.165, 1.54) is 27.8 Å². The summed E-state index contributed by atoms with van der Waals surface area (Å²) in [6.07, 6.45) is 1.47. The average molecular weight is 353 g/mol. The molecule has 0 bridgehead atoms. The molecule has 1 atom stereocenters. The normalized spacial score (nSPS) is 16.6. The van der Waals surface area contributed by atoms with Crippen LogP contribution in [0.2, 0.25) is 0 Å². The molecule has 3 aromatic rings. The number of para-hydroxylation sites is 1. The molecular formula is C19H19N3O2S. The molecule has 1 aliphatic rings. The third kappa shape index (κ3) is 2.66. The van der Waals surface area contributed by atoms with E-state index in [4.69, 9.17) is 0 Å². The van der Waals surface area contributed by atoms with E-state index < -0.39 is 0 Å². The fourth-order valence-electron chi connectivity index (χ4n) is 3.48. The van der Waals surface area contributed by atoms with Gasteiger partial charge in [-0.05, 0) is 29.0 Å². The van der Waals surface area contributed by atoms with E-state index in [2.05, 4.69) is 24.9 Å². The lowest BCUT2D eigenvalue weighted by Crippen LogP contribution is -2.36. The lowest BCUT2D eigenvalue weighted by molar-refractivity contribution is -0.119. The predicted molar refractivity (Wildman–Crippen MR) is 100 cm³/mol. The van der Waals surface area contributed by atoms with E-state index in [9.17, 15) is 9.59 Å². The second-order valence-corrected chi connectivity index (χ2v) is 7.63. The Morgan fingerprint density at radius 1 is 1.32 bits per heavy atom. The molecule has 0 saturated heterocycles. The Hall–Kier alpha value is -2.47. The van der Waals surface area contributed by atoms with Gasteiger partial charge in [-0.3, -0.25) is 14.2 Å². The van der Waals surface area contributed by atoms with Gasteiger partial charge in [0.15, 0.2) is 0 Å². The second kappa shape index (κ2) is 6.11. The van der Waals surface area contributed by atoms with Crippen molar-refractivity contribution in [2.75, 3.05) is 11.4 Å². The first kappa shape index (κ1) is 16.0. The van der Waals surface area contributed by atoms with Crippen molar-refractivity contribution >= 4 is 33.1 Å². The monoisotopic (exact) mass is 353 g/mol. The van der Waals surface area contributed by atoms with Gasteiger partial charge in [0.1, 0.15) is 11.4 Å². The zero-order chi connectivity index (χ0) is 17.6. The molecule has 1 aliphatic heterocycles. The molecule has 6 heteroatoms. The van der Waals surface area contributed by atoms with E-state index in [1.54, 1.807) is 6.07 Å². The first-order valence-electron chi connectivity index (χ1n) is 8.38. The van der Waals surface area contributed by atoms with Gasteiger partial charge in [0.2, 0.25) is 5.91 Å². The van der Waals surface area contributed by atoms with Crippen molar-refractivity contribution in [2.24, 2.45) is 5.92 Å². The molecule has 1 aromatic carbocycles. The van der Waals surface area contributed by atoms with Crippen LogP contribution >= 0.6 is 11.3 Å². The SMILES string of the molecule is CC(C)C1CN(C(=O)Cn2cnc3sccc3c2=O)c2ccccc21. The van der Waals surface area contributed by atoms with Crippen molar-refractivity contribution in [2.45, 2.75) is 26.3 Å². The van der Waals surface area contributed by atoms with Crippen LogP contribution in [0.3, 0.4) is 0 Å². The summed E-state index contributed by atoms with van der Waals surface area (Å²) in [6, 6.07) is 9.81. The Kier molecular flexibility index (Phi) is 3.92. The Morgan fingerprint density at radius 3 is 2.92 bits per heavy atom. The summed E-state index contributed by atoms with van der Waals surface area (Å²) in [5, 5.41) is 2.41. The molecule has 0 saturated carbocycles. The van der Waals surface area contributed by atoms with Crippen molar-refractivity contribution in [3.05, 3.63) is 58.0 Å². The number of carbonyl (C=O) groups is 1. The van der Waals surface area contributed by atoms with Crippen LogP contribution in [0.25, 0.3) is 10.2 Å². The highest BCUT2D eigenvalue weighted by Gasteiger charge is 2.33. The summed E-state index contributed by atoms with van der Waals surface area (Å²) in [6.45, 7) is 5.03. The first-order valence-corrected chi connectivity index (χ1v) is 9.26. The van der Waals surface area contributed by atoms with Crippen LogP contribution < -0.4 is 10.5 Å². The van der Waals surface area contributed by atoms with Crippen LogP contribution in [0.1, 0.15) is 25.3 Å². The molecule has 0 spiro atoms. The number of amides is 1. The maximum atomic E-state index is 12.9. The maximum absolute atomic E-state index is 12.9. The minimum absolute atomic E-state index is 0.0107. The standard InChI is InChI=1S/C19H19N3O2S/c1-12(2)15-9-22(16-6-4-3-5-13(15)16)17(23)10-21-11-20-18-14(19(21)24)7-8-25-18/h3-8,11-12,15H,9-10H2,1-2H3. The molecule has 0 radical (unpaired) electrons. The largest absolute Gasteiger partial charge is 0.310 e. The number of thiophene rings is 1. The van der Waals surface area contributed by atoms with E-state index in [0.717, 1.165) is 5.69 Å². The number of benzene rings is 1. The van der Waals surface area contributed by atoms with Gasteiger partial charge in [-0.25, -0.2) is 4.98 Å². The van der Waals surface area contributed by atoms with Crippen molar-refractivity contribution < 1.29 is 4.79 Å². The van der Waals surface area contributed by atoms with Crippen LogP contribution in [0, 0.1) is 5.92 Å². The van der Waals surface area contributed by atoms with Crippen molar-refractivity contribution in [1.82, 2.24) is 9.55 Å². The number of aromatic nitrogens is 2. The molecule has 3 heterocycles. The summed E-state index contributed by atoms with van der Waals surface area (Å²) in [5.41, 5.74) is 2.01. The summed E-state index contributed by atoms with van der Waals surface area (Å²) >= 11 is 1.43. The van der Waals surface area contributed by atoms with E-state index in [-0.39, 0.29) is 18.0 Å². The van der Waals surface area contributed by atoms with Crippen molar-refractivity contribution in [1.29, 1.82) is 0 Å². The molecule has 0 aliphatic carbocycles. The third-order valence-corrected chi connectivity index (χ3v) is 5.69. The van der Waals surface area contributed by atoms with Crippen LogP contribution in [0.4, 0.5) is 5.69 Å². The van der Waals surface area contributed by atoms with Gasteiger partial charge >= 0.3 is 0 Å². The third-order valence-electron chi connectivity index (χ3n) is 4.87. The Labute approximate surface area is 149 Å². The molecule has 4 rings (SSSR count). The minimum atomic E-state index is -0.160. The van der Waals surface area contributed by atoms with Crippen LogP contribution in [0.15, 0.2) is 46.8 Å². The summed E-state index contributed by atoms with van der Waals surface area (Å²) in [7, 11) is 0. The van der Waals surface area contributed by atoms with Gasteiger partial charge in [0.05, 0.1) is 11.7 Å². The van der Waals surface area contributed by atoms with Gasteiger partial charge < -0.3 is 4.90 Å². The fourth-order valence-corrected chi connectivity index (χ4v) is 4.21. The highest BCUT2D eigenvalue weighted by molar-refractivity contribution is 7.16. The zero-order valence-corrected chi connectivity index (χ0v) is 15.0. The van der Waals surface area contributed by atoms with Crippen molar-refractivity contribution in [3.8, 4) is 0 Å². The smallest absolute Gasteiger partial charge is 0.262 e. The molecule has 25 heavy (non-hydrogen) atoms. The number of anilines is 1. The minimum Gasteiger partial charge on any atom is -0.310 e. The number of nitrogens with zero attached hydrogens (tertiary/aromatic N) is 3. The van der Waals surface area contributed by atoms with Gasteiger partial charge in [0.25, 0.3) is 5.56 Å². The lowest BCUT2D eigenvalue weighted by Gasteiger charge is -2.19. The molecule has 5 nitrogen and oxygen atoms in total. The zero-order valence-electron chi connectivity index (χ0n) is 14.2. The Morgan fingerprint density at radius 2 is 2.12 bits per heavy atom. The van der Waals surface area contributed by atoms with Crippen LogP contribution in [-0.4, -0.2) is 22.0 Å². The number of fused-ring (bicyclic) bond motifs is 2.